The summed E-state index contributed by atoms with van der Waals surface area (Å²) in [6, 6.07) is 17.0. The standard InChI is InChI=1S/C19H16FN3O/c1-13-4-2-7-16(10-13)22-17-8-9-18(21-12-17)23-19(24)14-5-3-6-15(20)11-14/h2-12,22H,1H3,(H,21,23,24). The van der Waals surface area contributed by atoms with Gasteiger partial charge in [0.2, 0.25) is 0 Å². The van der Waals surface area contributed by atoms with E-state index in [0.717, 1.165) is 16.9 Å². The number of amides is 1. The lowest BCUT2D eigenvalue weighted by Gasteiger charge is -2.08. The summed E-state index contributed by atoms with van der Waals surface area (Å²) in [6.45, 7) is 2.02. The number of hydrogen-bond donors (Lipinski definition) is 2. The van der Waals surface area contributed by atoms with Crippen LogP contribution in [-0.4, -0.2) is 10.9 Å². The van der Waals surface area contributed by atoms with Gasteiger partial charge in [0.25, 0.3) is 5.91 Å². The van der Waals surface area contributed by atoms with Crippen molar-refractivity contribution in [2.75, 3.05) is 10.6 Å². The third-order valence-electron chi connectivity index (χ3n) is 3.40. The van der Waals surface area contributed by atoms with E-state index in [-0.39, 0.29) is 5.56 Å². The highest BCUT2D eigenvalue weighted by Crippen LogP contribution is 2.18. The second-order valence-corrected chi connectivity index (χ2v) is 5.39. The number of pyridine rings is 1. The lowest BCUT2D eigenvalue weighted by atomic mass is 10.2. The number of nitrogens with one attached hydrogen (secondary N) is 2. The normalized spacial score (nSPS) is 10.2. The highest BCUT2D eigenvalue weighted by Gasteiger charge is 2.07. The van der Waals surface area contributed by atoms with Crippen LogP contribution in [0.3, 0.4) is 0 Å². The molecule has 0 atom stereocenters. The summed E-state index contributed by atoms with van der Waals surface area (Å²) in [5.74, 6) is -0.450. The van der Waals surface area contributed by atoms with Gasteiger partial charge in [-0.25, -0.2) is 9.37 Å². The van der Waals surface area contributed by atoms with Gasteiger partial charge in [-0.2, -0.15) is 0 Å². The van der Waals surface area contributed by atoms with Gasteiger partial charge in [0.05, 0.1) is 11.9 Å². The molecule has 0 saturated heterocycles. The van der Waals surface area contributed by atoms with Crippen LogP contribution in [0.2, 0.25) is 0 Å². The summed E-state index contributed by atoms with van der Waals surface area (Å²) >= 11 is 0. The van der Waals surface area contributed by atoms with Crippen molar-refractivity contribution in [1.29, 1.82) is 0 Å². The molecule has 120 valence electrons. The van der Waals surface area contributed by atoms with Crippen LogP contribution >= 0.6 is 0 Å². The van der Waals surface area contributed by atoms with Crippen molar-refractivity contribution >= 4 is 23.1 Å². The molecule has 0 bridgehead atoms. The van der Waals surface area contributed by atoms with E-state index >= 15 is 0 Å². The Kier molecular flexibility index (Phi) is 4.52. The number of hydrogen-bond acceptors (Lipinski definition) is 3. The maximum absolute atomic E-state index is 13.2. The second-order valence-electron chi connectivity index (χ2n) is 5.39. The van der Waals surface area contributed by atoms with Crippen molar-refractivity contribution in [2.24, 2.45) is 0 Å². The molecule has 0 saturated carbocycles. The highest BCUT2D eigenvalue weighted by molar-refractivity contribution is 6.03. The van der Waals surface area contributed by atoms with Gasteiger partial charge in [-0.1, -0.05) is 18.2 Å². The van der Waals surface area contributed by atoms with Crippen LogP contribution < -0.4 is 10.6 Å². The Morgan fingerprint density at radius 2 is 1.83 bits per heavy atom. The van der Waals surface area contributed by atoms with Gasteiger partial charge >= 0.3 is 0 Å². The molecule has 0 fully saturated rings. The van der Waals surface area contributed by atoms with Crippen LogP contribution in [-0.2, 0) is 0 Å². The molecule has 0 aliphatic heterocycles. The second kappa shape index (κ2) is 6.91. The molecular weight excluding hydrogens is 305 g/mol. The Labute approximate surface area is 139 Å². The Bertz CT molecular complexity index is 862. The first kappa shape index (κ1) is 15.7. The minimum absolute atomic E-state index is 0.249. The maximum atomic E-state index is 13.2. The predicted octanol–water partition coefficient (Wildman–Crippen LogP) is 4.53. The summed E-state index contributed by atoms with van der Waals surface area (Å²) in [5, 5.41) is 5.88. The van der Waals surface area contributed by atoms with E-state index in [1.165, 1.54) is 18.2 Å². The maximum Gasteiger partial charge on any atom is 0.256 e. The van der Waals surface area contributed by atoms with E-state index in [0.29, 0.717) is 5.82 Å². The number of rotatable bonds is 4. The van der Waals surface area contributed by atoms with Crippen LogP contribution in [0, 0.1) is 12.7 Å². The molecule has 24 heavy (non-hydrogen) atoms. The first-order valence-electron chi connectivity index (χ1n) is 7.47. The summed E-state index contributed by atoms with van der Waals surface area (Å²) in [4.78, 5) is 16.2. The summed E-state index contributed by atoms with van der Waals surface area (Å²) in [5.41, 5.74) is 3.18. The number of carbonyl (C=O) groups excluding carboxylic acids is 1. The van der Waals surface area contributed by atoms with Gasteiger partial charge < -0.3 is 10.6 Å². The van der Waals surface area contributed by atoms with E-state index in [2.05, 4.69) is 15.6 Å². The van der Waals surface area contributed by atoms with Crippen molar-refractivity contribution in [3.8, 4) is 0 Å². The number of nitrogens with zero attached hydrogens (tertiary/aromatic N) is 1. The Balaban J connectivity index is 1.67. The van der Waals surface area contributed by atoms with E-state index in [4.69, 9.17) is 0 Å². The van der Waals surface area contributed by atoms with Crippen LogP contribution in [0.4, 0.5) is 21.6 Å². The Morgan fingerprint density at radius 3 is 2.54 bits per heavy atom. The largest absolute Gasteiger partial charge is 0.354 e. The number of carbonyl (C=O) groups is 1. The smallest absolute Gasteiger partial charge is 0.256 e. The van der Waals surface area contributed by atoms with Gasteiger partial charge in [0.1, 0.15) is 11.6 Å². The molecule has 1 aromatic heterocycles. The molecule has 0 radical (unpaired) electrons. The Hall–Kier alpha value is -3.21. The number of anilines is 3. The van der Waals surface area contributed by atoms with Crippen molar-refractivity contribution in [2.45, 2.75) is 6.92 Å². The fraction of sp³-hybridized carbons (Fsp3) is 0.0526. The molecule has 3 rings (SSSR count). The first-order chi connectivity index (χ1) is 11.6. The fourth-order valence-corrected chi connectivity index (χ4v) is 2.25. The molecule has 1 amide bonds. The number of halogens is 1. The van der Waals surface area contributed by atoms with E-state index in [1.54, 1.807) is 18.3 Å². The molecule has 1 heterocycles. The lowest BCUT2D eigenvalue weighted by Crippen LogP contribution is -2.13. The quantitative estimate of drug-likeness (QED) is 0.742. The topological polar surface area (TPSA) is 54.0 Å². The Morgan fingerprint density at radius 1 is 1.00 bits per heavy atom. The zero-order chi connectivity index (χ0) is 16.9. The third-order valence-corrected chi connectivity index (χ3v) is 3.40. The van der Waals surface area contributed by atoms with E-state index in [9.17, 15) is 9.18 Å². The summed E-state index contributed by atoms with van der Waals surface area (Å²) in [6.07, 6.45) is 1.63. The molecule has 0 aliphatic rings. The van der Waals surface area contributed by atoms with Crippen LogP contribution in [0.25, 0.3) is 0 Å². The van der Waals surface area contributed by atoms with Crippen LogP contribution in [0.1, 0.15) is 15.9 Å². The molecule has 0 aliphatic carbocycles. The molecule has 3 aromatic rings. The predicted molar refractivity (Wildman–Crippen MR) is 93.1 cm³/mol. The van der Waals surface area contributed by atoms with Crippen molar-refractivity contribution in [1.82, 2.24) is 4.98 Å². The first-order valence-corrected chi connectivity index (χ1v) is 7.47. The highest BCUT2D eigenvalue weighted by atomic mass is 19.1. The molecule has 2 aromatic carbocycles. The lowest BCUT2D eigenvalue weighted by molar-refractivity contribution is 0.102. The van der Waals surface area contributed by atoms with Crippen molar-refractivity contribution in [3.05, 3.63) is 83.8 Å². The number of aromatic nitrogens is 1. The van der Waals surface area contributed by atoms with E-state index in [1.807, 2.05) is 37.3 Å². The molecule has 5 heteroatoms. The van der Waals surface area contributed by atoms with Gasteiger partial charge in [-0.15, -0.1) is 0 Å². The van der Waals surface area contributed by atoms with Crippen LogP contribution in [0.15, 0.2) is 66.9 Å². The van der Waals surface area contributed by atoms with Crippen LogP contribution in [0.5, 0.6) is 0 Å². The molecule has 4 nitrogen and oxygen atoms in total. The number of aryl methyl sites for hydroxylation is 1. The zero-order valence-electron chi connectivity index (χ0n) is 13.1. The van der Waals surface area contributed by atoms with Crippen molar-refractivity contribution < 1.29 is 9.18 Å². The minimum atomic E-state index is -0.451. The number of benzene rings is 2. The monoisotopic (exact) mass is 321 g/mol. The SMILES string of the molecule is Cc1cccc(Nc2ccc(NC(=O)c3cccc(F)c3)nc2)c1. The van der Waals surface area contributed by atoms with Gasteiger partial charge in [0.15, 0.2) is 0 Å². The molecule has 0 spiro atoms. The van der Waals surface area contributed by atoms with E-state index < -0.39 is 11.7 Å². The molecule has 2 N–H and O–H groups in total. The van der Waals surface area contributed by atoms with Gasteiger partial charge in [0, 0.05) is 11.3 Å². The molecular formula is C19H16FN3O. The average Bonchev–Trinajstić information content (AvgIpc) is 2.57. The van der Waals surface area contributed by atoms with Gasteiger partial charge in [-0.05, 0) is 55.0 Å². The fourth-order valence-electron chi connectivity index (χ4n) is 2.25. The van der Waals surface area contributed by atoms with Gasteiger partial charge in [-0.3, -0.25) is 4.79 Å². The average molecular weight is 321 g/mol. The van der Waals surface area contributed by atoms with Crippen molar-refractivity contribution in [3.63, 3.8) is 0 Å². The zero-order valence-corrected chi connectivity index (χ0v) is 13.1. The summed E-state index contributed by atoms with van der Waals surface area (Å²) < 4.78 is 13.2. The molecule has 0 unspecified atom stereocenters. The third kappa shape index (κ3) is 3.95. The summed E-state index contributed by atoms with van der Waals surface area (Å²) in [7, 11) is 0. The minimum Gasteiger partial charge on any atom is -0.354 e.